The van der Waals surface area contributed by atoms with E-state index in [2.05, 4.69) is 20.3 Å². The summed E-state index contributed by atoms with van der Waals surface area (Å²) in [5.41, 5.74) is 5.92. The lowest BCUT2D eigenvalue weighted by molar-refractivity contribution is 0.0461. The van der Waals surface area contributed by atoms with E-state index in [0.717, 1.165) is 0 Å². The van der Waals surface area contributed by atoms with Crippen molar-refractivity contribution in [2.75, 3.05) is 18.2 Å². The van der Waals surface area contributed by atoms with Crippen LogP contribution in [0.3, 0.4) is 0 Å². The minimum absolute atomic E-state index is 0.0296. The molecule has 8 nitrogen and oxygen atoms in total. The van der Waals surface area contributed by atoms with Crippen LogP contribution in [0.4, 0.5) is 26.4 Å². The third kappa shape index (κ3) is 4.85. The molecule has 0 bridgehead atoms. The lowest BCUT2D eigenvalue weighted by Crippen LogP contribution is -2.12. The number of nitrogen functional groups attached to an aromatic ring is 1. The summed E-state index contributed by atoms with van der Waals surface area (Å²) in [7, 11) is 1.51. The lowest BCUT2D eigenvalue weighted by atomic mass is 10.2. The number of carbonyl (C=O) groups is 1. The summed E-state index contributed by atoms with van der Waals surface area (Å²) in [4.78, 5) is 24.1. The molecule has 3 rings (SSSR count). The molecule has 0 radical (unpaired) electrons. The average Bonchev–Trinajstić information content (AvgIpc) is 2.69. The molecule has 0 aliphatic rings. The number of ether oxygens (including phenoxy) is 2. The highest BCUT2D eigenvalue weighted by Gasteiger charge is 2.17. The molecule has 0 saturated heterocycles. The predicted octanol–water partition coefficient (Wildman–Crippen LogP) is 3.49. The van der Waals surface area contributed by atoms with E-state index in [4.69, 9.17) is 26.8 Å². The second kappa shape index (κ2) is 8.65. The summed E-state index contributed by atoms with van der Waals surface area (Å²) >= 11 is 5.76. The van der Waals surface area contributed by atoms with Gasteiger partial charge in [-0.25, -0.2) is 13.6 Å². The first-order valence-corrected chi connectivity index (χ1v) is 8.47. The zero-order valence-electron chi connectivity index (χ0n) is 14.9. The third-order valence-electron chi connectivity index (χ3n) is 3.61. The summed E-state index contributed by atoms with van der Waals surface area (Å²) in [6, 6.07) is 8.38. The van der Waals surface area contributed by atoms with Gasteiger partial charge in [-0.3, -0.25) is 0 Å². The highest BCUT2D eigenvalue weighted by Crippen LogP contribution is 2.26. The molecule has 0 unspecified atom stereocenters. The number of rotatable bonds is 6. The molecule has 0 amide bonds. The second-order valence-corrected chi connectivity index (χ2v) is 5.99. The number of halogens is 3. The molecule has 0 spiro atoms. The number of anilines is 3. The SMILES string of the molecule is COc1ccccc1Nc1nc(N)nc(COC(=O)c2cc(F)c(F)cc2Cl)n1. The number of esters is 1. The van der Waals surface area contributed by atoms with Crippen molar-refractivity contribution in [1.29, 1.82) is 0 Å². The first-order chi connectivity index (χ1) is 13.9. The molecular weight excluding hydrogens is 408 g/mol. The van der Waals surface area contributed by atoms with Crippen LogP contribution in [0.15, 0.2) is 36.4 Å². The number of hydrogen-bond donors (Lipinski definition) is 2. The summed E-state index contributed by atoms with van der Waals surface area (Å²) in [5, 5.41) is 2.64. The number of para-hydroxylation sites is 2. The molecule has 0 aliphatic carbocycles. The second-order valence-electron chi connectivity index (χ2n) is 5.58. The molecule has 1 heterocycles. The van der Waals surface area contributed by atoms with E-state index in [9.17, 15) is 13.6 Å². The summed E-state index contributed by atoms with van der Waals surface area (Å²) < 4.78 is 36.7. The molecule has 150 valence electrons. The topological polar surface area (TPSA) is 112 Å². The maximum absolute atomic E-state index is 13.3. The Morgan fingerprint density at radius 3 is 2.66 bits per heavy atom. The van der Waals surface area contributed by atoms with Crippen LogP contribution in [-0.2, 0) is 11.3 Å². The highest BCUT2D eigenvalue weighted by molar-refractivity contribution is 6.33. The van der Waals surface area contributed by atoms with Crippen LogP contribution in [0.1, 0.15) is 16.2 Å². The van der Waals surface area contributed by atoms with E-state index < -0.39 is 24.2 Å². The van der Waals surface area contributed by atoms with Crippen molar-refractivity contribution in [2.45, 2.75) is 6.61 Å². The van der Waals surface area contributed by atoms with Gasteiger partial charge in [0.25, 0.3) is 0 Å². The van der Waals surface area contributed by atoms with Crippen LogP contribution >= 0.6 is 11.6 Å². The van der Waals surface area contributed by atoms with E-state index >= 15 is 0 Å². The standard InChI is InChI=1S/C18H14ClF2N5O3/c1-28-14-5-3-2-4-13(14)23-18-25-15(24-17(22)26-18)8-29-16(27)9-6-11(20)12(21)7-10(9)19/h2-7H,8H2,1H3,(H3,22,23,24,25,26). The normalized spacial score (nSPS) is 10.5. The van der Waals surface area contributed by atoms with Crippen LogP contribution in [0, 0.1) is 11.6 Å². The van der Waals surface area contributed by atoms with Crippen molar-refractivity contribution < 1.29 is 23.0 Å². The van der Waals surface area contributed by atoms with E-state index in [1.807, 2.05) is 0 Å². The van der Waals surface area contributed by atoms with Crippen LogP contribution in [0.25, 0.3) is 0 Å². The zero-order chi connectivity index (χ0) is 21.0. The molecule has 3 N–H and O–H groups in total. The summed E-state index contributed by atoms with van der Waals surface area (Å²) in [5.74, 6) is -2.83. The largest absolute Gasteiger partial charge is 0.495 e. The van der Waals surface area contributed by atoms with Crippen molar-refractivity contribution in [3.8, 4) is 5.75 Å². The maximum Gasteiger partial charge on any atom is 0.340 e. The number of nitrogens with two attached hydrogens (primary N) is 1. The average molecular weight is 422 g/mol. The number of nitrogens with one attached hydrogen (secondary N) is 1. The molecule has 29 heavy (non-hydrogen) atoms. The Balaban J connectivity index is 1.75. The van der Waals surface area contributed by atoms with Crippen LogP contribution in [0.5, 0.6) is 5.75 Å². The van der Waals surface area contributed by atoms with Gasteiger partial charge in [0.15, 0.2) is 24.1 Å². The molecule has 0 saturated carbocycles. The van der Waals surface area contributed by atoms with E-state index in [1.165, 1.54) is 7.11 Å². The van der Waals surface area contributed by atoms with Gasteiger partial charge in [0, 0.05) is 0 Å². The molecular formula is C18H14ClF2N5O3. The van der Waals surface area contributed by atoms with Gasteiger partial charge in [-0.1, -0.05) is 23.7 Å². The first kappa shape index (κ1) is 20.2. The molecule has 11 heteroatoms. The molecule has 0 atom stereocenters. The summed E-state index contributed by atoms with van der Waals surface area (Å²) in [6.45, 7) is -0.401. The molecule has 2 aromatic carbocycles. The number of benzene rings is 2. The van der Waals surface area contributed by atoms with Crippen LogP contribution < -0.4 is 15.8 Å². The Morgan fingerprint density at radius 2 is 1.90 bits per heavy atom. The fourth-order valence-electron chi connectivity index (χ4n) is 2.31. The highest BCUT2D eigenvalue weighted by atomic mass is 35.5. The minimum Gasteiger partial charge on any atom is -0.495 e. The van der Waals surface area contributed by atoms with E-state index in [0.29, 0.717) is 23.6 Å². The van der Waals surface area contributed by atoms with E-state index in [1.54, 1.807) is 24.3 Å². The van der Waals surface area contributed by atoms with Crippen molar-refractivity contribution in [2.24, 2.45) is 0 Å². The minimum atomic E-state index is -1.23. The number of carbonyl (C=O) groups excluding carboxylic acids is 1. The fraction of sp³-hybridized carbons (Fsp3) is 0.111. The predicted molar refractivity (Wildman–Crippen MR) is 101 cm³/mol. The van der Waals surface area contributed by atoms with E-state index in [-0.39, 0.29) is 28.3 Å². The van der Waals surface area contributed by atoms with Gasteiger partial charge in [-0.15, -0.1) is 0 Å². The van der Waals surface area contributed by atoms with Crippen molar-refractivity contribution in [1.82, 2.24) is 15.0 Å². The van der Waals surface area contributed by atoms with Crippen molar-refractivity contribution in [3.05, 3.63) is 64.4 Å². The Morgan fingerprint density at radius 1 is 1.17 bits per heavy atom. The first-order valence-electron chi connectivity index (χ1n) is 8.09. The number of nitrogens with zero attached hydrogens (tertiary/aromatic N) is 3. The smallest absolute Gasteiger partial charge is 0.340 e. The lowest BCUT2D eigenvalue weighted by Gasteiger charge is -2.11. The van der Waals surface area contributed by atoms with Gasteiger partial charge in [-0.2, -0.15) is 15.0 Å². The van der Waals surface area contributed by atoms with Crippen molar-refractivity contribution >= 4 is 35.2 Å². The van der Waals surface area contributed by atoms with Gasteiger partial charge in [-0.05, 0) is 24.3 Å². The van der Waals surface area contributed by atoms with Gasteiger partial charge in [0.2, 0.25) is 11.9 Å². The molecule has 0 aliphatic heterocycles. The third-order valence-corrected chi connectivity index (χ3v) is 3.93. The van der Waals surface area contributed by atoms with Crippen molar-refractivity contribution in [3.63, 3.8) is 0 Å². The summed E-state index contributed by atoms with van der Waals surface area (Å²) in [6.07, 6.45) is 0. The van der Waals surface area contributed by atoms with Gasteiger partial charge < -0.3 is 20.5 Å². The van der Waals surface area contributed by atoms with Gasteiger partial charge >= 0.3 is 5.97 Å². The Kier molecular flexibility index (Phi) is 6.03. The number of methoxy groups -OCH3 is 1. The Bertz CT molecular complexity index is 1070. The van der Waals surface area contributed by atoms with Crippen LogP contribution in [-0.4, -0.2) is 28.0 Å². The maximum atomic E-state index is 13.3. The zero-order valence-corrected chi connectivity index (χ0v) is 15.7. The molecule has 0 fully saturated rings. The number of aromatic nitrogens is 3. The quantitative estimate of drug-likeness (QED) is 0.459. The monoisotopic (exact) mass is 421 g/mol. The van der Waals surface area contributed by atoms with Gasteiger partial charge in [0.1, 0.15) is 5.75 Å². The Hall–Kier alpha value is -3.53. The Labute approximate surface area is 168 Å². The van der Waals surface area contributed by atoms with Crippen LogP contribution in [0.2, 0.25) is 5.02 Å². The molecule has 3 aromatic rings. The fourth-order valence-corrected chi connectivity index (χ4v) is 2.54. The van der Waals surface area contributed by atoms with Gasteiger partial charge in [0.05, 0.1) is 23.4 Å². The molecule has 1 aromatic heterocycles. The number of hydrogen-bond acceptors (Lipinski definition) is 8.